The molecular weight excluding hydrogens is 477 g/mol. The maximum atomic E-state index is 13.7. The van der Waals surface area contributed by atoms with Gasteiger partial charge in [-0.25, -0.2) is 9.37 Å². The molecule has 5 rings (SSSR count). The highest BCUT2D eigenvalue weighted by molar-refractivity contribution is 7.98. The predicted molar refractivity (Wildman–Crippen MR) is 140 cm³/mol. The minimum atomic E-state index is -0.312. The van der Waals surface area contributed by atoms with E-state index in [1.807, 2.05) is 11.0 Å². The van der Waals surface area contributed by atoms with E-state index in [1.165, 1.54) is 23.9 Å². The van der Waals surface area contributed by atoms with Crippen LogP contribution >= 0.6 is 11.8 Å². The van der Waals surface area contributed by atoms with E-state index in [1.54, 1.807) is 60.2 Å². The van der Waals surface area contributed by atoms with Gasteiger partial charge in [0.25, 0.3) is 11.5 Å². The lowest BCUT2D eigenvalue weighted by atomic mass is 10.1. The number of carbonyl (C=O) groups excluding carboxylic acids is 1. The maximum absolute atomic E-state index is 13.7. The molecule has 184 valence electrons. The van der Waals surface area contributed by atoms with Crippen LogP contribution in [0, 0.1) is 5.82 Å². The molecule has 1 amide bonds. The van der Waals surface area contributed by atoms with Crippen molar-refractivity contribution < 1.29 is 13.9 Å². The van der Waals surface area contributed by atoms with E-state index in [9.17, 15) is 14.0 Å². The van der Waals surface area contributed by atoms with Gasteiger partial charge >= 0.3 is 0 Å². The number of halogens is 1. The van der Waals surface area contributed by atoms with Gasteiger partial charge in [0, 0.05) is 24.4 Å². The molecule has 6 nitrogen and oxygen atoms in total. The van der Waals surface area contributed by atoms with Crippen molar-refractivity contribution in [1.82, 2.24) is 14.5 Å². The van der Waals surface area contributed by atoms with Crippen molar-refractivity contribution in [1.29, 1.82) is 0 Å². The van der Waals surface area contributed by atoms with Crippen LogP contribution in [0.2, 0.25) is 0 Å². The summed E-state index contributed by atoms with van der Waals surface area (Å²) in [5.41, 5.74) is 2.19. The zero-order valence-corrected chi connectivity index (χ0v) is 20.8. The second-order valence-electron chi connectivity index (χ2n) is 8.74. The molecular formula is C28H26FN3O3S. The molecule has 1 aromatic heterocycles. The van der Waals surface area contributed by atoms with E-state index < -0.39 is 0 Å². The molecule has 1 saturated heterocycles. The van der Waals surface area contributed by atoms with E-state index >= 15 is 0 Å². The standard InChI is InChI=1S/C28H26FN3O3S/c1-35-23-11-9-22(10-12-23)32-27(34)24-13-8-20(26(33)31-14-3-2-4-15-31)17-25(24)30-28(32)36-18-19-6-5-7-21(29)16-19/h5-13,16-17H,2-4,14-15,18H2,1H3. The summed E-state index contributed by atoms with van der Waals surface area (Å²) in [5.74, 6) is 0.758. The van der Waals surface area contributed by atoms with Crippen LogP contribution in [-0.2, 0) is 5.75 Å². The quantitative estimate of drug-likeness (QED) is 0.259. The van der Waals surface area contributed by atoms with Crippen LogP contribution in [0.25, 0.3) is 16.6 Å². The van der Waals surface area contributed by atoms with Gasteiger partial charge in [-0.1, -0.05) is 23.9 Å². The topological polar surface area (TPSA) is 64.4 Å². The largest absolute Gasteiger partial charge is 0.497 e. The second kappa shape index (κ2) is 10.5. The molecule has 1 aliphatic rings. The van der Waals surface area contributed by atoms with Crippen molar-refractivity contribution in [3.63, 3.8) is 0 Å². The summed E-state index contributed by atoms with van der Waals surface area (Å²) >= 11 is 1.34. The third-order valence-corrected chi connectivity index (χ3v) is 7.33. The summed E-state index contributed by atoms with van der Waals surface area (Å²) in [5, 5.41) is 0.889. The molecule has 3 aromatic carbocycles. The van der Waals surface area contributed by atoms with Gasteiger partial charge in [0.05, 0.1) is 23.7 Å². The minimum absolute atomic E-state index is 0.0355. The molecule has 2 heterocycles. The number of benzene rings is 3. The number of aromatic nitrogens is 2. The Morgan fingerprint density at radius 3 is 2.53 bits per heavy atom. The first kappa shape index (κ1) is 24.1. The van der Waals surface area contributed by atoms with Crippen molar-refractivity contribution >= 4 is 28.6 Å². The lowest BCUT2D eigenvalue weighted by Crippen LogP contribution is -2.35. The average Bonchev–Trinajstić information content (AvgIpc) is 2.92. The first-order chi connectivity index (χ1) is 17.5. The Bertz CT molecular complexity index is 1460. The molecule has 0 spiro atoms. The molecule has 0 radical (unpaired) electrons. The monoisotopic (exact) mass is 503 g/mol. The van der Waals surface area contributed by atoms with Gasteiger partial charge in [-0.15, -0.1) is 0 Å². The SMILES string of the molecule is COc1ccc(-n2c(SCc3cccc(F)c3)nc3cc(C(=O)N4CCCCC4)ccc3c2=O)cc1. The molecule has 8 heteroatoms. The van der Waals surface area contributed by atoms with Crippen LogP contribution in [0.1, 0.15) is 35.2 Å². The third kappa shape index (κ3) is 4.99. The number of likely N-dealkylation sites (tertiary alicyclic amines) is 1. The molecule has 1 fully saturated rings. The number of hydrogen-bond donors (Lipinski definition) is 0. The number of piperidine rings is 1. The highest BCUT2D eigenvalue weighted by atomic mass is 32.2. The Morgan fingerprint density at radius 1 is 1.03 bits per heavy atom. The fraction of sp³-hybridized carbons (Fsp3) is 0.250. The normalized spacial score (nSPS) is 13.7. The molecule has 0 unspecified atom stereocenters. The highest BCUT2D eigenvalue weighted by Crippen LogP contribution is 2.26. The Labute approximate surface area is 212 Å². The Balaban J connectivity index is 1.58. The number of fused-ring (bicyclic) bond motifs is 1. The minimum Gasteiger partial charge on any atom is -0.497 e. The van der Waals surface area contributed by atoms with Crippen LogP contribution in [0.15, 0.2) is 76.7 Å². The van der Waals surface area contributed by atoms with E-state index in [2.05, 4.69) is 0 Å². The zero-order chi connectivity index (χ0) is 25.1. The van der Waals surface area contributed by atoms with E-state index in [4.69, 9.17) is 9.72 Å². The highest BCUT2D eigenvalue weighted by Gasteiger charge is 2.20. The number of amides is 1. The van der Waals surface area contributed by atoms with Crippen molar-refractivity contribution in [3.05, 3.63) is 94.0 Å². The summed E-state index contributed by atoms with van der Waals surface area (Å²) in [6.45, 7) is 1.50. The maximum Gasteiger partial charge on any atom is 0.266 e. The number of ether oxygens (including phenoxy) is 1. The fourth-order valence-electron chi connectivity index (χ4n) is 4.41. The second-order valence-corrected chi connectivity index (χ2v) is 9.68. The fourth-order valence-corrected chi connectivity index (χ4v) is 5.36. The Kier molecular flexibility index (Phi) is 7.04. The summed E-state index contributed by atoms with van der Waals surface area (Å²) in [7, 11) is 1.59. The van der Waals surface area contributed by atoms with Gasteiger partial charge in [0.1, 0.15) is 11.6 Å². The third-order valence-electron chi connectivity index (χ3n) is 6.32. The van der Waals surface area contributed by atoms with Crippen molar-refractivity contribution in [2.75, 3.05) is 20.2 Å². The van der Waals surface area contributed by atoms with E-state index in [0.29, 0.717) is 38.8 Å². The average molecular weight is 504 g/mol. The van der Waals surface area contributed by atoms with Crippen LogP contribution in [0.5, 0.6) is 5.75 Å². The predicted octanol–water partition coefficient (Wildman–Crippen LogP) is 5.45. The number of methoxy groups -OCH3 is 1. The van der Waals surface area contributed by atoms with Crippen molar-refractivity contribution in [2.45, 2.75) is 30.2 Å². The first-order valence-corrected chi connectivity index (χ1v) is 12.9. The molecule has 36 heavy (non-hydrogen) atoms. The summed E-state index contributed by atoms with van der Waals surface area (Å²) < 4.78 is 20.5. The van der Waals surface area contributed by atoms with E-state index in [0.717, 1.165) is 37.9 Å². The smallest absolute Gasteiger partial charge is 0.266 e. The molecule has 1 aliphatic heterocycles. The molecule has 0 bridgehead atoms. The number of nitrogens with zero attached hydrogens (tertiary/aromatic N) is 3. The number of rotatable bonds is 6. The van der Waals surface area contributed by atoms with Gasteiger partial charge in [-0.05, 0) is 79.4 Å². The van der Waals surface area contributed by atoms with Crippen LogP contribution in [0.3, 0.4) is 0 Å². The van der Waals surface area contributed by atoms with E-state index in [-0.39, 0.29) is 17.3 Å². The molecule has 0 N–H and O–H groups in total. The summed E-state index contributed by atoms with van der Waals surface area (Å²) in [6, 6.07) is 18.6. The molecule has 4 aromatic rings. The van der Waals surface area contributed by atoms with Gasteiger partial charge in [0.2, 0.25) is 0 Å². The van der Waals surface area contributed by atoms with Gasteiger partial charge in [-0.3, -0.25) is 14.2 Å². The van der Waals surface area contributed by atoms with Gasteiger partial charge in [-0.2, -0.15) is 0 Å². The molecule has 0 saturated carbocycles. The van der Waals surface area contributed by atoms with Gasteiger partial charge in [0.15, 0.2) is 5.16 Å². The summed E-state index contributed by atoms with van der Waals surface area (Å²) in [6.07, 6.45) is 3.15. The van der Waals surface area contributed by atoms with Crippen LogP contribution in [-0.4, -0.2) is 40.6 Å². The lowest BCUT2D eigenvalue weighted by Gasteiger charge is -2.26. The Hall–Kier alpha value is -3.65. The van der Waals surface area contributed by atoms with Gasteiger partial charge < -0.3 is 9.64 Å². The molecule has 0 atom stereocenters. The summed E-state index contributed by atoms with van der Waals surface area (Å²) in [4.78, 5) is 33.4. The number of thioether (sulfide) groups is 1. The molecule has 0 aliphatic carbocycles. The Morgan fingerprint density at radius 2 is 1.81 bits per heavy atom. The van der Waals surface area contributed by atoms with Crippen LogP contribution in [0.4, 0.5) is 4.39 Å². The van der Waals surface area contributed by atoms with Crippen molar-refractivity contribution in [2.24, 2.45) is 0 Å². The van der Waals surface area contributed by atoms with Crippen LogP contribution < -0.4 is 10.3 Å². The number of carbonyl (C=O) groups is 1. The zero-order valence-electron chi connectivity index (χ0n) is 19.9. The number of hydrogen-bond acceptors (Lipinski definition) is 5. The van der Waals surface area contributed by atoms with Crippen molar-refractivity contribution in [3.8, 4) is 11.4 Å². The lowest BCUT2D eigenvalue weighted by molar-refractivity contribution is 0.0724. The first-order valence-electron chi connectivity index (χ1n) is 11.9.